The van der Waals surface area contributed by atoms with Gasteiger partial charge in [0.05, 0.1) is 17.1 Å². The predicted octanol–water partition coefficient (Wildman–Crippen LogP) is 2.40. The Labute approximate surface area is 142 Å². The molecule has 0 bridgehead atoms. The third-order valence-corrected chi connectivity index (χ3v) is 3.83. The third kappa shape index (κ3) is 4.13. The summed E-state index contributed by atoms with van der Waals surface area (Å²) in [5.74, 6) is 0.509. The quantitative estimate of drug-likeness (QED) is 0.818. The topological polar surface area (TPSA) is 76.0 Å². The third-order valence-electron chi connectivity index (χ3n) is 3.83. The van der Waals surface area contributed by atoms with Crippen molar-refractivity contribution in [2.45, 2.75) is 46.7 Å². The number of para-hydroxylation sites is 2. The van der Waals surface area contributed by atoms with E-state index in [1.165, 1.54) is 0 Å². The van der Waals surface area contributed by atoms with Gasteiger partial charge in [-0.3, -0.25) is 9.59 Å². The highest BCUT2D eigenvalue weighted by Gasteiger charge is 2.20. The summed E-state index contributed by atoms with van der Waals surface area (Å²) in [5, 5.41) is 5.84. The number of fused-ring (bicyclic) bond motifs is 1. The lowest BCUT2D eigenvalue weighted by Crippen LogP contribution is -2.33. The number of carbonyl (C=O) groups excluding carboxylic acids is 2. The van der Waals surface area contributed by atoms with E-state index in [4.69, 9.17) is 0 Å². The Kier molecular flexibility index (Phi) is 5.95. The van der Waals surface area contributed by atoms with Crippen LogP contribution >= 0.6 is 0 Å². The smallest absolute Gasteiger partial charge is 0.240 e. The first-order valence-electron chi connectivity index (χ1n) is 8.46. The second-order valence-corrected chi connectivity index (χ2v) is 6.28. The second-order valence-electron chi connectivity index (χ2n) is 6.28. The number of amides is 2. The van der Waals surface area contributed by atoms with Crippen LogP contribution in [0.25, 0.3) is 11.0 Å². The molecule has 0 saturated carbocycles. The summed E-state index contributed by atoms with van der Waals surface area (Å²) >= 11 is 0. The van der Waals surface area contributed by atoms with Gasteiger partial charge in [0, 0.05) is 12.5 Å². The number of nitrogens with zero attached hydrogens (tertiary/aromatic N) is 2. The molecule has 6 heteroatoms. The summed E-state index contributed by atoms with van der Waals surface area (Å²) in [6, 6.07) is 7.42. The van der Waals surface area contributed by atoms with Crippen LogP contribution in [0.5, 0.6) is 0 Å². The molecule has 0 aliphatic rings. The number of benzene rings is 1. The molecule has 0 aliphatic carbocycles. The molecule has 1 aromatic carbocycles. The molecule has 2 rings (SSSR count). The van der Waals surface area contributed by atoms with E-state index in [0.717, 1.165) is 17.5 Å². The summed E-state index contributed by atoms with van der Waals surface area (Å²) < 4.78 is 1.88. The Hall–Kier alpha value is -2.37. The number of rotatable bonds is 7. The van der Waals surface area contributed by atoms with Gasteiger partial charge in [0.2, 0.25) is 11.8 Å². The van der Waals surface area contributed by atoms with Gasteiger partial charge in [-0.15, -0.1) is 0 Å². The first-order chi connectivity index (χ1) is 11.4. The molecule has 1 aromatic heterocycles. The van der Waals surface area contributed by atoms with Crippen molar-refractivity contribution in [2.75, 3.05) is 6.54 Å². The highest BCUT2D eigenvalue weighted by atomic mass is 16.2. The van der Waals surface area contributed by atoms with Gasteiger partial charge in [-0.05, 0) is 25.5 Å². The average Bonchev–Trinajstić information content (AvgIpc) is 2.91. The first kappa shape index (κ1) is 18.0. The SMILES string of the molecule is CCCNC(=O)Cn1c(C(C)NC(=O)C(C)C)nc2ccccc21. The lowest BCUT2D eigenvalue weighted by molar-refractivity contribution is -0.124. The minimum absolute atomic E-state index is 0.0310. The van der Waals surface area contributed by atoms with Crippen LogP contribution in [0, 0.1) is 5.92 Å². The molecule has 2 N–H and O–H groups in total. The van der Waals surface area contributed by atoms with Gasteiger partial charge in [0.25, 0.3) is 0 Å². The highest BCUT2D eigenvalue weighted by Crippen LogP contribution is 2.21. The lowest BCUT2D eigenvalue weighted by atomic mass is 10.2. The predicted molar refractivity (Wildman–Crippen MR) is 94.4 cm³/mol. The molecule has 130 valence electrons. The molecular weight excluding hydrogens is 304 g/mol. The molecule has 24 heavy (non-hydrogen) atoms. The van der Waals surface area contributed by atoms with E-state index in [2.05, 4.69) is 15.6 Å². The van der Waals surface area contributed by atoms with Gasteiger partial charge in [0.1, 0.15) is 12.4 Å². The molecule has 0 aliphatic heterocycles. The molecule has 1 unspecified atom stereocenters. The zero-order valence-corrected chi connectivity index (χ0v) is 14.8. The number of hydrogen-bond donors (Lipinski definition) is 2. The standard InChI is InChI=1S/C18H26N4O2/c1-5-10-19-16(23)11-22-15-9-7-6-8-14(15)21-17(22)13(4)20-18(24)12(2)3/h6-9,12-13H,5,10-11H2,1-4H3,(H,19,23)(H,20,24). The zero-order valence-electron chi connectivity index (χ0n) is 14.8. The Bertz CT molecular complexity index is 721. The highest BCUT2D eigenvalue weighted by molar-refractivity contribution is 5.82. The fraction of sp³-hybridized carbons (Fsp3) is 0.500. The fourth-order valence-corrected chi connectivity index (χ4v) is 2.50. The van der Waals surface area contributed by atoms with Gasteiger partial charge in [-0.25, -0.2) is 4.98 Å². The Balaban J connectivity index is 2.32. The number of carbonyl (C=O) groups is 2. The molecule has 1 atom stereocenters. The summed E-state index contributed by atoms with van der Waals surface area (Å²) in [6.07, 6.45) is 0.893. The molecule has 0 radical (unpaired) electrons. The molecule has 1 heterocycles. The maximum Gasteiger partial charge on any atom is 0.240 e. The number of hydrogen-bond acceptors (Lipinski definition) is 3. The van der Waals surface area contributed by atoms with Gasteiger partial charge < -0.3 is 15.2 Å². The van der Waals surface area contributed by atoms with Crippen LogP contribution in [-0.2, 0) is 16.1 Å². The minimum atomic E-state index is -0.272. The summed E-state index contributed by atoms with van der Waals surface area (Å²) in [5.41, 5.74) is 1.71. The van der Waals surface area contributed by atoms with Crippen LogP contribution in [0.3, 0.4) is 0 Å². The molecular formula is C18H26N4O2. The van der Waals surface area contributed by atoms with E-state index in [1.807, 2.05) is 56.5 Å². The van der Waals surface area contributed by atoms with Crippen LogP contribution < -0.4 is 10.6 Å². The fourth-order valence-electron chi connectivity index (χ4n) is 2.50. The van der Waals surface area contributed by atoms with Gasteiger partial charge >= 0.3 is 0 Å². The second kappa shape index (κ2) is 7.95. The lowest BCUT2D eigenvalue weighted by Gasteiger charge is -2.17. The van der Waals surface area contributed by atoms with E-state index in [9.17, 15) is 9.59 Å². The minimum Gasteiger partial charge on any atom is -0.355 e. The average molecular weight is 330 g/mol. The van der Waals surface area contributed by atoms with Crippen LogP contribution in [0.2, 0.25) is 0 Å². The van der Waals surface area contributed by atoms with E-state index < -0.39 is 0 Å². The number of aromatic nitrogens is 2. The zero-order chi connectivity index (χ0) is 17.7. The van der Waals surface area contributed by atoms with Crippen LogP contribution in [-0.4, -0.2) is 27.9 Å². The van der Waals surface area contributed by atoms with Crippen LogP contribution in [0.4, 0.5) is 0 Å². The first-order valence-corrected chi connectivity index (χ1v) is 8.46. The van der Waals surface area contributed by atoms with E-state index >= 15 is 0 Å². The normalized spacial score (nSPS) is 12.4. The summed E-state index contributed by atoms with van der Waals surface area (Å²) in [6.45, 7) is 8.45. The van der Waals surface area contributed by atoms with Crippen molar-refractivity contribution < 1.29 is 9.59 Å². The van der Waals surface area contributed by atoms with Crippen molar-refractivity contribution in [3.05, 3.63) is 30.1 Å². The number of imidazole rings is 1. The maximum atomic E-state index is 12.2. The maximum absolute atomic E-state index is 12.2. The molecule has 6 nitrogen and oxygen atoms in total. The van der Waals surface area contributed by atoms with E-state index in [-0.39, 0.29) is 30.3 Å². The van der Waals surface area contributed by atoms with Crippen molar-refractivity contribution in [2.24, 2.45) is 5.92 Å². The molecule has 2 aromatic rings. The molecule has 2 amide bonds. The van der Waals surface area contributed by atoms with Crippen molar-refractivity contribution in [1.29, 1.82) is 0 Å². The van der Waals surface area contributed by atoms with Crippen molar-refractivity contribution in [3.8, 4) is 0 Å². The molecule has 0 spiro atoms. The van der Waals surface area contributed by atoms with Crippen LogP contribution in [0.1, 0.15) is 46.0 Å². The summed E-state index contributed by atoms with van der Waals surface area (Å²) in [7, 11) is 0. The molecule has 0 fully saturated rings. The number of nitrogens with one attached hydrogen (secondary N) is 2. The monoisotopic (exact) mass is 330 g/mol. The van der Waals surface area contributed by atoms with Crippen LogP contribution in [0.15, 0.2) is 24.3 Å². The van der Waals surface area contributed by atoms with Crippen molar-refractivity contribution in [3.63, 3.8) is 0 Å². The van der Waals surface area contributed by atoms with Gasteiger partial charge in [-0.2, -0.15) is 0 Å². The van der Waals surface area contributed by atoms with Crippen molar-refractivity contribution >= 4 is 22.8 Å². The van der Waals surface area contributed by atoms with Gasteiger partial charge in [-0.1, -0.05) is 32.9 Å². The molecule has 0 saturated heterocycles. The Morgan fingerprint density at radius 1 is 1.21 bits per heavy atom. The van der Waals surface area contributed by atoms with Crippen molar-refractivity contribution in [1.82, 2.24) is 20.2 Å². The largest absolute Gasteiger partial charge is 0.355 e. The Morgan fingerprint density at radius 3 is 2.58 bits per heavy atom. The Morgan fingerprint density at radius 2 is 1.92 bits per heavy atom. The van der Waals surface area contributed by atoms with Gasteiger partial charge in [0.15, 0.2) is 0 Å². The van der Waals surface area contributed by atoms with E-state index in [0.29, 0.717) is 12.4 Å². The summed E-state index contributed by atoms with van der Waals surface area (Å²) in [4.78, 5) is 28.8. The van der Waals surface area contributed by atoms with E-state index in [1.54, 1.807) is 0 Å².